The molecule has 5 heteroatoms. The minimum absolute atomic E-state index is 0.610. The Kier molecular flexibility index (Phi) is 3.46. The van der Waals surface area contributed by atoms with E-state index in [9.17, 15) is 0 Å². The van der Waals surface area contributed by atoms with Gasteiger partial charge in [0.2, 0.25) is 0 Å². The van der Waals surface area contributed by atoms with Crippen LogP contribution >= 0.6 is 22.6 Å². The van der Waals surface area contributed by atoms with Crippen molar-refractivity contribution in [2.45, 2.75) is 37.8 Å². The van der Waals surface area contributed by atoms with Crippen LogP contribution in [0.4, 0.5) is 5.82 Å². The first-order valence-electron chi connectivity index (χ1n) is 6.30. The molecule has 92 valence electrons. The molecule has 2 fully saturated rings. The Hall–Kier alpha value is -0.430. The van der Waals surface area contributed by atoms with Gasteiger partial charge in [-0.2, -0.15) is 0 Å². The van der Waals surface area contributed by atoms with E-state index in [0.29, 0.717) is 6.04 Å². The predicted octanol–water partition coefficient (Wildman–Crippen LogP) is 1.80. The van der Waals surface area contributed by atoms with Crippen molar-refractivity contribution in [3.05, 3.63) is 16.1 Å². The Morgan fingerprint density at radius 1 is 1.41 bits per heavy atom. The molecule has 2 heterocycles. The average molecular weight is 344 g/mol. The van der Waals surface area contributed by atoms with Crippen molar-refractivity contribution in [2.24, 2.45) is 0 Å². The molecule has 1 aliphatic carbocycles. The maximum atomic E-state index is 4.43. The zero-order valence-corrected chi connectivity index (χ0v) is 11.9. The fraction of sp³-hybridized carbons (Fsp3) is 0.667. The number of anilines is 1. The Balaban J connectivity index is 1.69. The number of aromatic nitrogens is 2. The van der Waals surface area contributed by atoms with Crippen molar-refractivity contribution < 1.29 is 0 Å². The highest BCUT2D eigenvalue weighted by atomic mass is 127. The zero-order valence-electron chi connectivity index (χ0n) is 9.77. The van der Waals surface area contributed by atoms with Gasteiger partial charge < -0.3 is 10.2 Å². The Morgan fingerprint density at radius 2 is 2.29 bits per heavy atom. The molecule has 2 aliphatic rings. The third-order valence-corrected chi connectivity index (χ3v) is 4.28. The minimum Gasteiger partial charge on any atom is -0.351 e. The molecule has 0 aromatic carbocycles. The quantitative estimate of drug-likeness (QED) is 0.846. The second-order valence-corrected chi connectivity index (χ2v) is 6.03. The summed E-state index contributed by atoms with van der Waals surface area (Å²) >= 11 is 2.33. The first-order valence-corrected chi connectivity index (χ1v) is 7.38. The molecule has 3 rings (SSSR count). The van der Waals surface area contributed by atoms with Crippen LogP contribution in [-0.4, -0.2) is 35.1 Å². The summed E-state index contributed by atoms with van der Waals surface area (Å²) in [6, 6.07) is 1.40. The molecule has 1 aliphatic heterocycles. The smallest absolute Gasteiger partial charge is 0.145 e. The summed E-state index contributed by atoms with van der Waals surface area (Å²) in [5, 5.41) is 3.63. The van der Waals surface area contributed by atoms with Gasteiger partial charge in [0.15, 0.2) is 0 Å². The van der Waals surface area contributed by atoms with E-state index in [1.165, 1.54) is 25.7 Å². The average Bonchev–Trinajstić information content (AvgIpc) is 3.06. The molecule has 0 spiro atoms. The van der Waals surface area contributed by atoms with Gasteiger partial charge in [0.05, 0.1) is 3.57 Å². The summed E-state index contributed by atoms with van der Waals surface area (Å²) < 4.78 is 1.16. The second-order valence-electron chi connectivity index (χ2n) is 4.87. The van der Waals surface area contributed by atoms with Gasteiger partial charge in [0.1, 0.15) is 12.1 Å². The molecule has 1 unspecified atom stereocenters. The van der Waals surface area contributed by atoms with Gasteiger partial charge in [-0.3, -0.25) is 0 Å². The summed E-state index contributed by atoms with van der Waals surface area (Å²) in [4.78, 5) is 10.9. The van der Waals surface area contributed by atoms with E-state index < -0.39 is 0 Å². The van der Waals surface area contributed by atoms with Crippen molar-refractivity contribution in [3.8, 4) is 0 Å². The lowest BCUT2D eigenvalue weighted by Gasteiger charge is -2.26. The number of nitrogens with one attached hydrogen (secondary N) is 1. The number of hydrogen-bond acceptors (Lipinski definition) is 4. The molecule has 17 heavy (non-hydrogen) atoms. The van der Waals surface area contributed by atoms with Crippen LogP contribution in [0.15, 0.2) is 12.5 Å². The molecule has 0 bridgehead atoms. The number of nitrogens with zero attached hydrogens (tertiary/aromatic N) is 3. The topological polar surface area (TPSA) is 41.1 Å². The lowest BCUT2D eigenvalue weighted by Crippen LogP contribution is -2.39. The van der Waals surface area contributed by atoms with Crippen molar-refractivity contribution in [2.75, 3.05) is 18.0 Å². The van der Waals surface area contributed by atoms with Crippen molar-refractivity contribution in [1.29, 1.82) is 0 Å². The Bertz CT molecular complexity index is 394. The van der Waals surface area contributed by atoms with Gasteiger partial charge in [-0.25, -0.2) is 9.97 Å². The predicted molar refractivity (Wildman–Crippen MR) is 76.1 cm³/mol. The molecule has 1 N–H and O–H groups in total. The van der Waals surface area contributed by atoms with Crippen LogP contribution in [0.3, 0.4) is 0 Å². The van der Waals surface area contributed by atoms with Gasteiger partial charge in [0.25, 0.3) is 0 Å². The summed E-state index contributed by atoms with van der Waals surface area (Å²) in [7, 11) is 0. The van der Waals surface area contributed by atoms with Crippen LogP contribution < -0.4 is 10.2 Å². The lowest BCUT2D eigenvalue weighted by atomic mass is 10.2. The highest BCUT2D eigenvalue weighted by molar-refractivity contribution is 14.1. The van der Waals surface area contributed by atoms with E-state index in [1.54, 1.807) is 6.33 Å². The summed E-state index contributed by atoms with van der Waals surface area (Å²) in [6.45, 7) is 2.23. The first kappa shape index (κ1) is 11.6. The van der Waals surface area contributed by atoms with Crippen LogP contribution in [0.1, 0.15) is 25.7 Å². The lowest BCUT2D eigenvalue weighted by molar-refractivity contribution is 0.568. The zero-order chi connectivity index (χ0) is 11.7. The first-order chi connectivity index (χ1) is 8.34. The van der Waals surface area contributed by atoms with Gasteiger partial charge in [-0.05, 0) is 48.3 Å². The molecule has 1 aromatic rings. The van der Waals surface area contributed by atoms with Gasteiger partial charge in [0, 0.05) is 31.4 Å². The van der Waals surface area contributed by atoms with E-state index in [0.717, 1.165) is 28.5 Å². The third-order valence-electron chi connectivity index (χ3n) is 3.52. The molecular formula is C12H17IN4. The van der Waals surface area contributed by atoms with Gasteiger partial charge in [-0.15, -0.1) is 0 Å². The van der Waals surface area contributed by atoms with Crippen LogP contribution in [0.2, 0.25) is 0 Å². The standard InChI is InChI=1S/C12H17IN4/c13-11-7-14-8-16-12(11)17-5-1-2-10(17)6-15-9-3-4-9/h7-10,15H,1-6H2. The van der Waals surface area contributed by atoms with E-state index >= 15 is 0 Å². The summed E-state index contributed by atoms with van der Waals surface area (Å²) in [5.41, 5.74) is 0. The van der Waals surface area contributed by atoms with Gasteiger partial charge >= 0.3 is 0 Å². The van der Waals surface area contributed by atoms with Crippen molar-refractivity contribution in [1.82, 2.24) is 15.3 Å². The van der Waals surface area contributed by atoms with Crippen molar-refractivity contribution in [3.63, 3.8) is 0 Å². The molecule has 1 saturated heterocycles. The highest BCUT2D eigenvalue weighted by Gasteiger charge is 2.29. The summed E-state index contributed by atoms with van der Waals surface area (Å²) in [6.07, 6.45) is 8.82. The molecule has 1 atom stereocenters. The highest BCUT2D eigenvalue weighted by Crippen LogP contribution is 2.27. The maximum absolute atomic E-state index is 4.43. The molecule has 1 aromatic heterocycles. The molecule has 0 amide bonds. The van der Waals surface area contributed by atoms with Crippen LogP contribution in [0, 0.1) is 3.57 Å². The molecule has 4 nitrogen and oxygen atoms in total. The Morgan fingerprint density at radius 3 is 3.06 bits per heavy atom. The second kappa shape index (κ2) is 5.06. The van der Waals surface area contributed by atoms with Crippen LogP contribution in [-0.2, 0) is 0 Å². The van der Waals surface area contributed by atoms with E-state index in [-0.39, 0.29) is 0 Å². The number of rotatable bonds is 4. The number of halogens is 1. The summed E-state index contributed by atoms with van der Waals surface area (Å²) in [5.74, 6) is 1.11. The molecule has 0 radical (unpaired) electrons. The van der Waals surface area contributed by atoms with E-state index in [2.05, 4.69) is 42.8 Å². The Labute approximate surface area is 115 Å². The van der Waals surface area contributed by atoms with Crippen LogP contribution in [0.25, 0.3) is 0 Å². The SMILES string of the molecule is Ic1cncnc1N1CCCC1CNC1CC1. The molecular weight excluding hydrogens is 327 g/mol. The number of hydrogen-bond donors (Lipinski definition) is 1. The van der Waals surface area contributed by atoms with Crippen LogP contribution in [0.5, 0.6) is 0 Å². The normalized spacial score (nSPS) is 24.3. The van der Waals surface area contributed by atoms with E-state index in [4.69, 9.17) is 0 Å². The molecule has 1 saturated carbocycles. The van der Waals surface area contributed by atoms with Gasteiger partial charge in [-0.1, -0.05) is 0 Å². The fourth-order valence-corrected chi connectivity index (χ4v) is 3.04. The largest absolute Gasteiger partial charge is 0.351 e. The fourth-order valence-electron chi connectivity index (χ4n) is 2.43. The van der Waals surface area contributed by atoms with Crippen molar-refractivity contribution >= 4 is 28.4 Å². The third kappa shape index (κ3) is 2.70. The van der Waals surface area contributed by atoms with E-state index in [1.807, 2.05) is 6.20 Å². The monoisotopic (exact) mass is 344 g/mol. The minimum atomic E-state index is 0.610. The maximum Gasteiger partial charge on any atom is 0.145 e.